The lowest BCUT2D eigenvalue weighted by Crippen LogP contribution is -2.03. The Bertz CT molecular complexity index is 151. The zero-order valence-electron chi connectivity index (χ0n) is 4.52. The molecule has 0 aromatic rings. The molecular weight excluding hydrogens is 104 g/mol. The first-order valence-corrected chi connectivity index (χ1v) is 2.06. The smallest absolute Gasteiger partial charge is 0.0962 e. The predicted octanol–water partition coefficient (Wildman–Crippen LogP) is -0.695. The lowest BCUT2D eigenvalue weighted by Gasteiger charge is -1.95. The second kappa shape index (κ2) is 6.04. The van der Waals surface area contributed by atoms with Crippen LogP contribution in [0.25, 0.3) is 0 Å². The van der Waals surface area contributed by atoms with Crippen molar-refractivity contribution >= 4 is 0 Å². The average molecular weight is 109 g/mol. The van der Waals surface area contributed by atoms with Gasteiger partial charge in [-0.2, -0.15) is 0 Å². The maximum absolute atomic E-state index is 9.24. The molecule has 0 heterocycles. The SMILES string of the molecule is CC#CC#CCO[O-]. The zero-order chi connectivity index (χ0) is 6.24. The standard InChI is InChI=1S/C6H6O2/c1-2-3-4-5-6-8-7/h7H,6H2,1H3/p-1. The van der Waals surface area contributed by atoms with E-state index in [1.54, 1.807) is 6.92 Å². The molecule has 0 fully saturated rings. The molecule has 0 aliphatic heterocycles. The van der Waals surface area contributed by atoms with Gasteiger partial charge in [0.05, 0.1) is 6.61 Å². The van der Waals surface area contributed by atoms with Crippen LogP contribution >= 0.6 is 0 Å². The minimum Gasteiger partial charge on any atom is -0.723 e. The zero-order valence-corrected chi connectivity index (χ0v) is 4.52. The van der Waals surface area contributed by atoms with Crippen molar-refractivity contribution in [2.45, 2.75) is 6.92 Å². The van der Waals surface area contributed by atoms with Gasteiger partial charge in [-0.25, -0.2) is 0 Å². The molecule has 0 radical (unpaired) electrons. The van der Waals surface area contributed by atoms with Gasteiger partial charge in [-0.05, 0) is 18.8 Å². The molecule has 2 nitrogen and oxygen atoms in total. The summed E-state index contributed by atoms with van der Waals surface area (Å²) >= 11 is 0. The molecule has 0 amide bonds. The second-order valence-corrected chi connectivity index (χ2v) is 0.939. The minimum atomic E-state index is -0.0886. The highest BCUT2D eigenvalue weighted by atomic mass is 17.1. The van der Waals surface area contributed by atoms with Gasteiger partial charge in [0.2, 0.25) is 0 Å². The van der Waals surface area contributed by atoms with Gasteiger partial charge < -0.3 is 10.1 Å². The highest BCUT2D eigenvalue weighted by Crippen LogP contribution is 1.55. The van der Waals surface area contributed by atoms with Crippen LogP contribution in [0, 0.1) is 23.7 Å². The van der Waals surface area contributed by atoms with Crippen LogP contribution in [-0.2, 0) is 4.89 Å². The topological polar surface area (TPSA) is 32.3 Å². The van der Waals surface area contributed by atoms with Crippen molar-refractivity contribution in [3.8, 4) is 23.7 Å². The maximum Gasteiger partial charge on any atom is 0.0962 e. The highest BCUT2D eigenvalue weighted by molar-refractivity contribution is 5.24. The number of rotatable bonds is 1. The fourth-order valence-electron chi connectivity index (χ4n) is 0.172. The summed E-state index contributed by atoms with van der Waals surface area (Å²) in [4.78, 5) is 3.40. The monoisotopic (exact) mass is 109 g/mol. The van der Waals surface area contributed by atoms with Crippen molar-refractivity contribution in [3.05, 3.63) is 0 Å². The van der Waals surface area contributed by atoms with Crippen molar-refractivity contribution < 1.29 is 10.1 Å². The highest BCUT2D eigenvalue weighted by Gasteiger charge is 1.57. The molecule has 2 heteroatoms. The summed E-state index contributed by atoms with van der Waals surface area (Å²) in [5, 5.41) is 9.24. The summed E-state index contributed by atoms with van der Waals surface area (Å²) in [5.41, 5.74) is 0. The fraction of sp³-hybridized carbons (Fsp3) is 0.333. The van der Waals surface area contributed by atoms with Crippen LogP contribution < -0.4 is 5.26 Å². The van der Waals surface area contributed by atoms with Gasteiger partial charge >= 0.3 is 0 Å². The van der Waals surface area contributed by atoms with E-state index in [4.69, 9.17) is 0 Å². The van der Waals surface area contributed by atoms with E-state index in [1.165, 1.54) is 0 Å². The predicted molar refractivity (Wildman–Crippen MR) is 27.2 cm³/mol. The summed E-state index contributed by atoms with van der Waals surface area (Å²) in [6.07, 6.45) is 0. The van der Waals surface area contributed by atoms with Crippen LogP contribution in [0.2, 0.25) is 0 Å². The number of hydrogen-bond donors (Lipinski definition) is 0. The molecule has 0 aromatic heterocycles. The second-order valence-electron chi connectivity index (χ2n) is 0.939. The normalized spacial score (nSPS) is 5.75. The molecule has 8 heavy (non-hydrogen) atoms. The van der Waals surface area contributed by atoms with Gasteiger partial charge in [0, 0.05) is 0 Å². The van der Waals surface area contributed by atoms with Crippen molar-refractivity contribution in [2.24, 2.45) is 0 Å². The van der Waals surface area contributed by atoms with Gasteiger partial charge in [0.15, 0.2) is 0 Å². The van der Waals surface area contributed by atoms with E-state index < -0.39 is 0 Å². The van der Waals surface area contributed by atoms with E-state index in [1.807, 2.05) is 0 Å². The van der Waals surface area contributed by atoms with Gasteiger partial charge in [-0.1, -0.05) is 11.8 Å². The fourth-order valence-corrected chi connectivity index (χ4v) is 0.172. The van der Waals surface area contributed by atoms with E-state index in [9.17, 15) is 5.26 Å². The van der Waals surface area contributed by atoms with E-state index in [-0.39, 0.29) is 6.61 Å². The molecule has 0 aliphatic carbocycles. The Morgan fingerprint density at radius 1 is 1.50 bits per heavy atom. The third kappa shape index (κ3) is 5.04. The molecule has 0 aliphatic rings. The Kier molecular flexibility index (Phi) is 5.32. The quantitative estimate of drug-likeness (QED) is 0.253. The Morgan fingerprint density at radius 2 is 2.25 bits per heavy atom. The summed E-state index contributed by atoms with van der Waals surface area (Å²) in [6, 6.07) is 0. The van der Waals surface area contributed by atoms with E-state index in [0.29, 0.717) is 0 Å². The third-order valence-corrected chi connectivity index (χ3v) is 0.407. The van der Waals surface area contributed by atoms with Gasteiger partial charge in [0.25, 0.3) is 0 Å². The van der Waals surface area contributed by atoms with Gasteiger partial charge in [-0.15, -0.1) is 0 Å². The van der Waals surface area contributed by atoms with Crippen molar-refractivity contribution in [1.29, 1.82) is 0 Å². The molecule has 0 saturated heterocycles. The average Bonchev–Trinajstić information content (AvgIpc) is 1.81. The van der Waals surface area contributed by atoms with Crippen LogP contribution in [0.3, 0.4) is 0 Å². The Balaban J connectivity index is 3.31. The van der Waals surface area contributed by atoms with Crippen LogP contribution in [0.5, 0.6) is 0 Å². The molecule has 42 valence electrons. The summed E-state index contributed by atoms with van der Waals surface area (Å²) in [7, 11) is 0. The molecule has 0 rings (SSSR count). The largest absolute Gasteiger partial charge is 0.723 e. The summed E-state index contributed by atoms with van der Waals surface area (Å²) in [5.74, 6) is 9.78. The Labute approximate surface area is 48.4 Å². The van der Waals surface area contributed by atoms with Crippen molar-refractivity contribution in [2.75, 3.05) is 6.61 Å². The molecule has 0 bridgehead atoms. The van der Waals surface area contributed by atoms with Crippen molar-refractivity contribution in [1.82, 2.24) is 0 Å². The molecule has 0 unspecified atom stereocenters. The number of hydrogen-bond acceptors (Lipinski definition) is 2. The first kappa shape index (κ1) is 7.04. The first-order chi connectivity index (χ1) is 3.91. The summed E-state index contributed by atoms with van der Waals surface area (Å²) in [6.45, 7) is 1.58. The Hall–Kier alpha value is -0.960. The Morgan fingerprint density at radius 3 is 2.75 bits per heavy atom. The lowest BCUT2D eigenvalue weighted by molar-refractivity contribution is -0.685. The van der Waals surface area contributed by atoms with E-state index in [0.717, 1.165) is 0 Å². The van der Waals surface area contributed by atoms with Gasteiger partial charge in [-0.3, -0.25) is 0 Å². The molecule has 0 N–H and O–H groups in total. The summed E-state index contributed by atoms with van der Waals surface area (Å²) < 4.78 is 0. The molecular formula is C6H5O2-. The van der Waals surface area contributed by atoms with Crippen LogP contribution in [0.15, 0.2) is 0 Å². The third-order valence-electron chi connectivity index (χ3n) is 0.407. The molecule has 0 saturated carbocycles. The molecule has 0 atom stereocenters. The molecule has 0 aromatic carbocycles. The van der Waals surface area contributed by atoms with Crippen molar-refractivity contribution in [3.63, 3.8) is 0 Å². The van der Waals surface area contributed by atoms with E-state index >= 15 is 0 Å². The maximum atomic E-state index is 9.24. The minimum absolute atomic E-state index is 0.0886. The first-order valence-electron chi connectivity index (χ1n) is 2.06. The lowest BCUT2D eigenvalue weighted by atomic mass is 10.6. The van der Waals surface area contributed by atoms with Gasteiger partial charge in [0.1, 0.15) is 0 Å². The molecule has 0 spiro atoms. The van der Waals surface area contributed by atoms with Crippen LogP contribution in [0.1, 0.15) is 6.92 Å². The van der Waals surface area contributed by atoms with Crippen LogP contribution in [0.4, 0.5) is 0 Å². The van der Waals surface area contributed by atoms with E-state index in [2.05, 4.69) is 28.6 Å². The van der Waals surface area contributed by atoms with Crippen LogP contribution in [-0.4, -0.2) is 6.61 Å².